The van der Waals surface area contributed by atoms with Crippen molar-refractivity contribution in [2.75, 3.05) is 7.11 Å². The second kappa shape index (κ2) is 5.25. The van der Waals surface area contributed by atoms with Gasteiger partial charge in [0.15, 0.2) is 0 Å². The second-order valence-corrected chi connectivity index (χ2v) is 5.40. The largest absolute Gasteiger partial charge is 0.469 e. The quantitative estimate of drug-likeness (QED) is 0.620. The van der Waals surface area contributed by atoms with E-state index < -0.39 is 30.1 Å². The number of ether oxygens (including phenoxy) is 1. The second-order valence-electron chi connectivity index (χ2n) is 5.04. The molecular formula is C13H14ClN3O4. The number of rotatable bonds is 2. The smallest absolute Gasteiger partial charge is 0.311 e. The van der Waals surface area contributed by atoms with Gasteiger partial charge in [-0.05, 0) is 12.5 Å². The first kappa shape index (κ1) is 14.2. The Bertz CT molecular complexity index is 689. The van der Waals surface area contributed by atoms with Crippen LogP contribution >= 0.6 is 11.6 Å². The molecule has 0 unspecified atom stereocenters. The van der Waals surface area contributed by atoms with E-state index in [-0.39, 0.29) is 6.42 Å². The summed E-state index contributed by atoms with van der Waals surface area (Å²) in [5, 5.41) is 21.2. The van der Waals surface area contributed by atoms with Crippen molar-refractivity contribution in [2.24, 2.45) is 5.92 Å². The minimum absolute atomic E-state index is 0.264. The lowest BCUT2D eigenvalue weighted by molar-refractivity contribution is -0.149. The summed E-state index contributed by atoms with van der Waals surface area (Å²) in [4.78, 5) is 19.7. The first-order valence-electron chi connectivity index (χ1n) is 6.45. The van der Waals surface area contributed by atoms with Gasteiger partial charge in [0, 0.05) is 6.20 Å². The first-order valence-corrected chi connectivity index (χ1v) is 6.83. The number of fused-ring (bicyclic) bond motifs is 1. The third kappa shape index (κ3) is 2.17. The Morgan fingerprint density at radius 2 is 2.19 bits per heavy atom. The molecule has 0 amide bonds. The van der Waals surface area contributed by atoms with E-state index in [0.717, 1.165) is 0 Å². The minimum atomic E-state index is -1.17. The van der Waals surface area contributed by atoms with E-state index >= 15 is 0 Å². The number of aliphatic hydroxyl groups is 2. The van der Waals surface area contributed by atoms with Gasteiger partial charge in [0.05, 0.1) is 30.6 Å². The average molecular weight is 312 g/mol. The zero-order chi connectivity index (χ0) is 15.1. The van der Waals surface area contributed by atoms with Crippen LogP contribution in [0.25, 0.3) is 11.0 Å². The molecule has 0 aromatic carbocycles. The molecule has 3 rings (SSSR count). The molecule has 2 N–H and O–H groups in total. The molecule has 2 aromatic rings. The molecule has 1 aliphatic carbocycles. The average Bonchev–Trinajstić information content (AvgIpc) is 3.02. The molecule has 0 radical (unpaired) electrons. The van der Waals surface area contributed by atoms with Gasteiger partial charge in [0.1, 0.15) is 23.2 Å². The van der Waals surface area contributed by atoms with Gasteiger partial charge in [-0.1, -0.05) is 11.6 Å². The molecule has 2 aromatic heterocycles. The van der Waals surface area contributed by atoms with Gasteiger partial charge in [-0.25, -0.2) is 9.97 Å². The lowest BCUT2D eigenvalue weighted by Gasteiger charge is -2.18. The van der Waals surface area contributed by atoms with Gasteiger partial charge in [0.25, 0.3) is 0 Å². The molecule has 1 aliphatic rings. The van der Waals surface area contributed by atoms with Crippen LogP contribution in [0, 0.1) is 5.92 Å². The highest BCUT2D eigenvalue weighted by Gasteiger charge is 2.46. The summed E-state index contributed by atoms with van der Waals surface area (Å²) >= 11 is 5.99. The van der Waals surface area contributed by atoms with Crippen LogP contribution in [0.5, 0.6) is 0 Å². The van der Waals surface area contributed by atoms with Gasteiger partial charge < -0.3 is 19.5 Å². The van der Waals surface area contributed by atoms with Crippen LogP contribution in [0.1, 0.15) is 12.5 Å². The normalized spacial score (nSPS) is 29.0. The fraction of sp³-hybridized carbons (Fsp3) is 0.462. The van der Waals surface area contributed by atoms with E-state index in [1.54, 1.807) is 16.8 Å². The third-order valence-electron chi connectivity index (χ3n) is 3.97. The Morgan fingerprint density at radius 1 is 1.43 bits per heavy atom. The van der Waals surface area contributed by atoms with E-state index in [4.69, 9.17) is 11.6 Å². The predicted molar refractivity (Wildman–Crippen MR) is 73.7 cm³/mol. The van der Waals surface area contributed by atoms with Crippen molar-refractivity contribution in [1.82, 2.24) is 14.5 Å². The summed E-state index contributed by atoms with van der Waals surface area (Å²) in [6, 6.07) is 1.26. The summed E-state index contributed by atoms with van der Waals surface area (Å²) in [7, 11) is 1.26. The number of carbonyl (C=O) groups is 1. The Balaban J connectivity index is 2.00. The molecule has 21 heavy (non-hydrogen) atoms. The maximum Gasteiger partial charge on any atom is 0.311 e. The standard InChI is InChI=1S/C13H14ClN3O4/c1-21-13(20)7-4-8(10(19)9(7)18)17-3-2-6-11(14)15-5-16-12(6)17/h2-3,5,7-10,18-19H,4H2,1H3/t7-,8+,9+,10-/m0/s1. The predicted octanol–water partition coefficient (Wildman–Crippen LogP) is 0.540. The van der Waals surface area contributed by atoms with Crippen molar-refractivity contribution >= 4 is 28.6 Å². The molecule has 0 saturated heterocycles. The number of hydrogen-bond donors (Lipinski definition) is 2. The molecule has 2 heterocycles. The number of aliphatic hydroxyl groups excluding tert-OH is 2. The maximum atomic E-state index is 11.7. The van der Waals surface area contributed by atoms with Crippen molar-refractivity contribution in [3.63, 3.8) is 0 Å². The number of aromatic nitrogens is 3. The van der Waals surface area contributed by atoms with E-state index in [2.05, 4.69) is 14.7 Å². The highest BCUT2D eigenvalue weighted by Crippen LogP contribution is 2.38. The van der Waals surface area contributed by atoms with Gasteiger partial charge in [-0.3, -0.25) is 4.79 Å². The summed E-state index contributed by atoms with van der Waals surface area (Å²) in [6.45, 7) is 0. The van der Waals surface area contributed by atoms with Gasteiger partial charge in [-0.15, -0.1) is 0 Å². The minimum Gasteiger partial charge on any atom is -0.469 e. The van der Waals surface area contributed by atoms with E-state index in [9.17, 15) is 15.0 Å². The number of carbonyl (C=O) groups excluding carboxylic acids is 1. The molecule has 1 fully saturated rings. The fourth-order valence-corrected chi connectivity index (χ4v) is 3.07. The topological polar surface area (TPSA) is 97.5 Å². The van der Waals surface area contributed by atoms with Crippen LogP contribution in [0.4, 0.5) is 0 Å². The number of hydrogen-bond acceptors (Lipinski definition) is 6. The highest BCUT2D eigenvalue weighted by molar-refractivity contribution is 6.33. The molecule has 0 aliphatic heterocycles. The monoisotopic (exact) mass is 311 g/mol. The number of nitrogens with zero attached hydrogens (tertiary/aromatic N) is 3. The molecule has 4 atom stereocenters. The van der Waals surface area contributed by atoms with E-state index in [1.165, 1.54) is 13.4 Å². The van der Waals surface area contributed by atoms with Gasteiger partial charge in [0.2, 0.25) is 0 Å². The van der Waals surface area contributed by atoms with Gasteiger partial charge in [-0.2, -0.15) is 0 Å². The zero-order valence-corrected chi connectivity index (χ0v) is 11.9. The molecule has 0 spiro atoms. The van der Waals surface area contributed by atoms with Crippen molar-refractivity contribution in [2.45, 2.75) is 24.7 Å². The SMILES string of the molecule is COC(=O)[C@H]1C[C@@H](n2ccc3c(Cl)ncnc32)[C@H](O)[C@@H]1O. The van der Waals surface area contributed by atoms with E-state index in [0.29, 0.717) is 16.2 Å². The van der Waals surface area contributed by atoms with Crippen molar-refractivity contribution < 1.29 is 19.7 Å². The lowest BCUT2D eigenvalue weighted by atomic mass is 10.1. The Hall–Kier alpha value is -1.70. The number of esters is 1. The fourth-order valence-electron chi connectivity index (χ4n) is 2.88. The maximum absolute atomic E-state index is 11.7. The lowest BCUT2D eigenvalue weighted by Crippen LogP contribution is -2.32. The Morgan fingerprint density at radius 3 is 2.90 bits per heavy atom. The molecule has 7 nitrogen and oxygen atoms in total. The van der Waals surface area contributed by atoms with Crippen LogP contribution in [0.3, 0.4) is 0 Å². The summed E-state index contributed by atoms with van der Waals surface area (Å²) < 4.78 is 6.37. The van der Waals surface area contributed by atoms with Gasteiger partial charge >= 0.3 is 5.97 Å². The van der Waals surface area contributed by atoms with Crippen molar-refractivity contribution in [1.29, 1.82) is 0 Å². The van der Waals surface area contributed by atoms with Crippen LogP contribution in [0.15, 0.2) is 18.6 Å². The number of methoxy groups -OCH3 is 1. The van der Waals surface area contributed by atoms with Crippen molar-refractivity contribution in [3.8, 4) is 0 Å². The zero-order valence-electron chi connectivity index (χ0n) is 11.2. The third-order valence-corrected chi connectivity index (χ3v) is 4.27. The van der Waals surface area contributed by atoms with Crippen molar-refractivity contribution in [3.05, 3.63) is 23.7 Å². The van der Waals surface area contributed by atoms with E-state index in [1.807, 2.05) is 0 Å². The van der Waals surface area contributed by atoms with Crippen LogP contribution in [0.2, 0.25) is 5.15 Å². The molecule has 8 heteroatoms. The molecule has 0 bridgehead atoms. The Kier molecular flexibility index (Phi) is 3.56. The highest BCUT2D eigenvalue weighted by atomic mass is 35.5. The van der Waals surface area contributed by atoms with Crippen LogP contribution in [-0.4, -0.2) is 50.0 Å². The first-order chi connectivity index (χ1) is 10.0. The summed E-state index contributed by atoms with van der Waals surface area (Å²) in [6.07, 6.45) is 1.05. The van der Waals surface area contributed by atoms with Crippen LogP contribution < -0.4 is 0 Å². The Labute approximate surface area is 125 Å². The summed E-state index contributed by atoms with van der Waals surface area (Å²) in [5.41, 5.74) is 0.553. The molecule has 112 valence electrons. The molecule has 1 saturated carbocycles. The molecular weight excluding hydrogens is 298 g/mol. The summed E-state index contributed by atoms with van der Waals surface area (Å²) in [5.74, 6) is -1.29. The number of halogens is 1. The van der Waals surface area contributed by atoms with Crippen LogP contribution in [-0.2, 0) is 9.53 Å².